The van der Waals surface area contributed by atoms with Crippen molar-refractivity contribution in [2.75, 3.05) is 0 Å². The van der Waals surface area contributed by atoms with E-state index in [1.54, 1.807) is 0 Å². The largest absolute Gasteiger partial charge is 0.456 e. The first-order chi connectivity index (χ1) is 27.3. The Kier molecular flexibility index (Phi) is 5.69. The van der Waals surface area contributed by atoms with Crippen molar-refractivity contribution in [1.29, 1.82) is 0 Å². The molecule has 0 N–H and O–H groups in total. The molecule has 0 saturated carbocycles. The summed E-state index contributed by atoms with van der Waals surface area (Å²) in [5.41, 5.74) is 6.77. The molecule has 0 aliphatic rings. The zero-order valence-electron chi connectivity index (χ0n) is 29.7. The summed E-state index contributed by atoms with van der Waals surface area (Å²) in [6.45, 7) is 0. The van der Waals surface area contributed by atoms with Gasteiger partial charge in [0.25, 0.3) is 0 Å². The Bertz CT molecular complexity index is 3710. The molecule has 0 bridgehead atoms. The lowest BCUT2D eigenvalue weighted by atomic mass is 9.83. The first-order valence-electron chi connectivity index (χ1n) is 19.1. The average Bonchev–Trinajstić information content (AvgIpc) is 3.62. The van der Waals surface area contributed by atoms with Gasteiger partial charge in [0.2, 0.25) is 0 Å². The lowest BCUT2D eigenvalue weighted by molar-refractivity contribution is 0.669. The monoisotopic (exact) mass is 694 g/mol. The van der Waals surface area contributed by atoms with Gasteiger partial charge >= 0.3 is 0 Å². The van der Waals surface area contributed by atoms with Gasteiger partial charge in [-0.15, -0.1) is 0 Å². The molecule has 13 aromatic rings. The van der Waals surface area contributed by atoms with E-state index < -0.39 is 0 Å². The maximum Gasteiger partial charge on any atom is 0.135 e. The van der Waals surface area contributed by atoms with E-state index in [-0.39, 0.29) is 0 Å². The number of para-hydroxylation sites is 1. The topological polar surface area (TPSA) is 13.1 Å². The maximum absolute atomic E-state index is 6.26. The molecule has 0 aliphatic carbocycles. The summed E-state index contributed by atoms with van der Waals surface area (Å²) in [6.07, 6.45) is 0. The summed E-state index contributed by atoms with van der Waals surface area (Å²) in [5, 5.41) is 22.8. The minimum absolute atomic E-state index is 0.913. The first-order valence-corrected chi connectivity index (χ1v) is 19.1. The van der Waals surface area contributed by atoms with Gasteiger partial charge in [-0.2, -0.15) is 0 Å². The molecule has 252 valence electrons. The molecule has 0 spiro atoms. The quantitative estimate of drug-likeness (QED) is 0.130. The van der Waals surface area contributed by atoms with Crippen molar-refractivity contribution in [2.45, 2.75) is 0 Å². The van der Waals surface area contributed by atoms with E-state index >= 15 is 0 Å². The van der Waals surface area contributed by atoms with Gasteiger partial charge in [-0.05, 0) is 139 Å². The highest BCUT2D eigenvalue weighted by Gasteiger charge is 2.21. The summed E-state index contributed by atoms with van der Waals surface area (Å²) in [7, 11) is 0. The van der Waals surface area contributed by atoms with Crippen LogP contribution in [0.3, 0.4) is 0 Å². The normalized spacial score (nSPS) is 12.4. The molecule has 1 nitrogen and oxygen atoms in total. The van der Waals surface area contributed by atoms with E-state index in [2.05, 4.69) is 176 Å². The summed E-state index contributed by atoms with van der Waals surface area (Å²) in [5.74, 6) is 0. The Morgan fingerprint density at radius 3 is 1.24 bits per heavy atom. The lowest BCUT2D eigenvalue weighted by Crippen LogP contribution is -1.92. The number of benzene rings is 11. The van der Waals surface area contributed by atoms with Crippen LogP contribution < -0.4 is 0 Å². The van der Waals surface area contributed by atoms with Crippen molar-refractivity contribution in [3.05, 3.63) is 182 Å². The third-order valence-electron chi connectivity index (χ3n) is 12.3. The third kappa shape index (κ3) is 3.92. The molecule has 1 heteroatoms. The summed E-state index contributed by atoms with van der Waals surface area (Å²) in [4.78, 5) is 0. The number of hydrogen-bond acceptors (Lipinski definition) is 1. The Hall–Kier alpha value is -7.22. The van der Waals surface area contributed by atoms with Crippen LogP contribution in [0.15, 0.2) is 186 Å². The molecule has 0 atom stereocenters. The molecule has 0 fully saturated rings. The summed E-state index contributed by atoms with van der Waals surface area (Å²) in [6, 6.07) is 67.7. The molecule has 13 rings (SSSR count). The predicted molar refractivity (Wildman–Crippen MR) is 236 cm³/mol. The molecular weight excluding hydrogens is 665 g/mol. The number of rotatable bonds is 2. The summed E-state index contributed by atoms with van der Waals surface area (Å²) < 4.78 is 6.26. The molecule has 0 aliphatic heterocycles. The average molecular weight is 695 g/mol. The Balaban J connectivity index is 1.20. The second-order valence-electron chi connectivity index (χ2n) is 15.1. The van der Waals surface area contributed by atoms with E-state index in [0.717, 1.165) is 21.9 Å². The fourth-order valence-corrected chi connectivity index (χ4v) is 10.1. The van der Waals surface area contributed by atoms with Gasteiger partial charge in [0.05, 0.1) is 0 Å². The zero-order valence-corrected chi connectivity index (χ0v) is 29.7. The van der Waals surface area contributed by atoms with Crippen LogP contribution >= 0.6 is 0 Å². The second-order valence-corrected chi connectivity index (χ2v) is 15.1. The molecule has 0 amide bonds. The molecule has 55 heavy (non-hydrogen) atoms. The minimum Gasteiger partial charge on any atom is -0.456 e. The summed E-state index contributed by atoms with van der Waals surface area (Å²) >= 11 is 0. The highest BCUT2D eigenvalue weighted by molar-refractivity contribution is 6.37. The van der Waals surface area contributed by atoms with Crippen molar-refractivity contribution >= 4 is 108 Å². The Morgan fingerprint density at radius 2 is 0.655 bits per heavy atom. The molecule has 0 unspecified atom stereocenters. The van der Waals surface area contributed by atoms with Crippen LogP contribution in [0.1, 0.15) is 0 Å². The predicted octanol–water partition coefficient (Wildman–Crippen LogP) is 15.6. The Morgan fingerprint density at radius 1 is 0.236 bits per heavy atom. The zero-order chi connectivity index (χ0) is 35.8. The van der Waals surface area contributed by atoms with E-state index in [1.165, 1.54) is 108 Å². The van der Waals surface area contributed by atoms with Crippen molar-refractivity contribution in [2.24, 2.45) is 0 Å². The van der Waals surface area contributed by atoms with Crippen LogP contribution in [0.2, 0.25) is 0 Å². The molecule has 0 radical (unpaired) electrons. The van der Waals surface area contributed by atoms with Crippen molar-refractivity contribution in [1.82, 2.24) is 0 Å². The highest BCUT2D eigenvalue weighted by atomic mass is 16.3. The van der Waals surface area contributed by atoms with Crippen molar-refractivity contribution in [3.8, 4) is 22.3 Å². The number of furan rings is 1. The fraction of sp³-hybridized carbons (Fsp3) is 0. The van der Waals surface area contributed by atoms with Crippen LogP contribution in [0.4, 0.5) is 0 Å². The van der Waals surface area contributed by atoms with Gasteiger partial charge in [0.1, 0.15) is 11.2 Å². The first kappa shape index (κ1) is 29.3. The smallest absolute Gasteiger partial charge is 0.135 e. The minimum atomic E-state index is 0.913. The Labute approximate surface area is 315 Å². The van der Waals surface area contributed by atoms with Crippen LogP contribution in [0.25, 0.3) is 130 Å². The third-order valence-corrected chi connectivity index (χ3v) is 12.3. The van der Waals surface area contributed by atoms with Gasteiger partial charge in [0, 0.05) is 10.8 Å². The van der Waals surface area contributed by atoms with Crippen LogP contribution in [0, 0.1) is 0 Å². The van der Waals surface area contributed by atoms with Gasteiger partial charge in [-0.25, -0.2) is 0 Å². The molecular formula is C54H30O. The molecule has 1 heterocycles. The van der Waals surface area contributed by atoms with Crippen LogP contribution in [-0.2, 0) is 0 Å². The van der Waals surface area contributed by atoms with E-state index in [4.69, 9.17) is 4.42 Å². The molecule has 0 saturated heterocycles. The van der Waals surface area contributed by atoms with Crippen molar-refractivity contribution in [3.63, 3.8) is 0 Å². The van der Waals surface area contributed by atoms with Gasteiger partial charge in [-0.1, -0.05) is 152 Å². The maximum atomic E-state index is 6.26. The fourth-order valence-electron chi connectivity index (χ4n) is 10.1. The molecule has 1 aromatic heterocycles. The standard InChI is InChI=1S/C54H30O/c1-3-16-40-38(14-1)49(35-26-27-48-45(29-35)37-13-5-6-21-47(37)55-48)39-15-2-4-17-41(39)50(40)36-28-34-25-24-33-11-8-19-43-42-18-7-10-31-22-23-32-12-9-20-44(53(32)51(31)42)46(30-36)54(34)52(33)43/h1-30H. The van der Waals surface area contributed by atoms with E-state index in [1.807, 2.05) is 6.07 Å². The van der Waals surface area contributed by atoms with Crippen LogP contribution in [-0.4, -0.2) is 0 Å². The van der Waals surface area contributed by atoms with Gasteiger partial charge < -0.3 is 4.42 Å². The number of fused-ring (bicyclic) bond motifs is 7. The van der Waals surface area contributed by atoms with E-state index in [9.17, 15) is 0 Å². The highest BCUT2D eigenvalue weighted by Crippen LogP contribution is 2.48. The molecule has 12 aromatic carbocycles. The second kappa shape index (κ2) is 10.7. The lowest BCUT2D eigenvalue weighted by Gasteiger charge is -2.20. The van der Waals surface area contributed by atoms with E-state index in [0.29, 0.717) is 0 Å². The van der Waals surface area contributed by atoms with Gasteiger partial charge in [-0.3, -0.25) is 0 Å². The van der Waals surface area contributed by atoms with Crippen molar-refractivity contribution < 1.29 is 4.42 Å². The van der Waals surface area contributed by atoms with Crippen LogP contribution in [0.5, 0.6) is 0 Å². The SMILES string of the molecule is c1ccc2c(c1)oc1ccc(-c3c4ccccc4c(-c4cc5ccc6cccc7c8cccc9ccc%10cccc(c(c4)c5c67)c%10c98)c4ccccc34)cc12. The van der Waals surface area contributed by atoms with Gasteiger partial charge in [0.15, 0.2) is 0 Å². The number of hydrogen-bond donors (Lipinski definition) is 0.